The van der Waals surface area contributed by atoms with Gasteiger partial charge in [0.15, 0.2) is 0 Å². The number of nitriles is 1. The molecule has 0 saturated carbocycles. The van der Waals surface area contributed by atoms with E-state index in [2.05, 4.69) is 12.1 Å². The fraction of sp³-hybridized carbons (Fsp3) is 0.200. The summed E-state index contributed by atoms with van der Waals surface area (Å²) in [6.45, 7) is 0. The molecule has 24 heavy (non-hydrogen) atoms. The highest BCUT2D eigenvalue weighted by Gasteiger charge is 2.19. The summed E-state index contributed by atoms with van der Waals surface area (Å²) >= 11 is 0. The zero-order valence-corrected chi connectivity index (χ0v) is 13.6. The fourth-order valence-electron chi connectivity index (χ4n) is 3.01. The Hall–Kier alpha value is -3.06. The molecule has 0 radical (unpaired) electrons. The van der Waals surface area contributed by atoms with Gasteiger partial charge in [0.2, 0.25) is 0 Å². The number of rotatable bonds is 3. The lowest BCUT2D eigenvalue weighted by atomic mass is 9.85. The van der Waals surface area contributed by atoms with Crippen molar-refractivity contribution >= 4 is 11.5 Å². The molecule has 0 spiro atoms. The minimum Gasteiger partial charge on any atom is -0.496 e. The van der Waals surface area contributed by atoms with Gasteiger partial charge in [-0.3, -0.25) is 0 Å². The molecule has 1 aliphatic carbocycles. The summed E-state index contributed by atoms with van der Waals surface area (Å²) in [5.41, 5.74) is 5.20. The Labute approximate surface area is 140 Å². The van der Waals surface area contributed by atoms with Crippen LogP contribution < -0.4 is 4.74 Å². The van der Waals surface area contributed by atoms with Crippen molar-refractivity contribution in [2.75, 3.05) is 14.2 Å². The van der Waals surface area contributed by atoms with Crippen molar-refractivity contribution in [2.45, 2.75) is 12.8 Å². The fourth-order valence-corrected chi connectivity index (χ4v) is 3.01. The van der Waals surface area contributed by atoms with Crippen LogP contribution in [0.4, 0.5) is 0 Å². The van der Waals surface area contributed by atoms with Gasteiger partial charge in [0.25, 0.3) is 0 Å². The normalized spacial score (nSPS) is 12.6. The third-order valence-corrected chi connectivity index (χ3v) is 4.20. The third-order valence-electron chi connectivity index (χ3n) is 4.20. The summed E-state index contributed by atoms with van der Waals surface area (Å²) in [5.74, 6) is 0.297. The van der Waals surface area contributed by atoms with Crippen LogP contribution in [0.1, 0.15) is 39.0 Å². The average Bonchev–Trinajstić information content (AvgIpc) is 2.65. The van der Waals surface area contributed by atoms with Crippen LogP contribution in [0.15, 0.2) is 42.5 Å². The number of hydrogen-bond donors (Lipinski definition) is 0. The predicted octanol–water partition coefficient (Wildman–Crippen LogP) is 3.73. The Balaban J connectivity index is 2.13. The van der Waals surface area contributed by atoms with Crippen molar-refractivity contribution < 1.29 is 14.3 Å². The number of fused-ring (bicyclic) bond motifs is 1. The Morgan fingerprint density at radius 3 is 2.67 bits per heavy atom. The van der Waals surface area contributed by atoms with Crippen LogP contribution in [0.2, 0.25) is 0 Å². The van der Waals surface area contributed by atoms with Crippen LogP contribution in [0.5, 0.6) is 5.75 Å². The Morgan fingerprint density at radius 2 is 1.96 bits per heavy atom. The maximum absolute atomic E-state index is 11.8. The SMILES string of the molecule is COC(=O)c1ccc2c(c1)C(c1ccc(C#N)cc1OC)=CCC2. The van der Waals surface area contributed by atoms with E-state index in [1.54, 1.807) is 25.3 Å². The molecule has 0 atom stereocenters. The number of methoxy groups -OCH3 is 2. The molecular formula is C20H17NO3. The number of carbonyl (C=O) groups is 1. The number of aryl methyl sites for hydroxylation is 1. The van der Waals surface area contributed by atoms with Crippen LogP contribution in [0.3, 0.4) is 0 Å². The van der Waals surface area contributed by atoms with E-state index < -0.39 is 0 Å². The maximum Gasteiger partial charge on any atom is 0.337 e. The lowest BCUT2D eigenvalue weighted by Crippen LogP contribution is -2.07. The number of hydrogen-bond acceptors (Lipinski definition) is 4. The second-order valence-corrected chi connectivity index (χ2v) is 5.55. The third kappa shape index (κ3) is 2.77. The van der Waals surface area contributed by atoms with Crippen LogP contribution in [-0.4, -0.2) is 20.2 Å². The van der Waals surface area contributed by atoms with Gasteiger partial charge in [-0.05, 0) is 59.9 Å². The van der Waals surface area contributed by atoms with E-state index in [9.17, 15) is 4.79 Å². The predicted molar refractivity (Wildman–Crippen MR) is 90.9 cm³/mol. The molecule has 0 unspecified atom stereocenters. The first kappa shape index (κ1) is 15.8. The molecule has 2 aromatic rings. The van der Waals surface area contributed by atoms with Gasteiger partial charge in [0.1, 0.15) is 5.75 Å². The first-order valence-corrected chi connectivity index (χ1v) is 7.68. The highest BCUT2D eigenvalue weighted by atomic mass is 16.5. The highest BCUT2D eigenvalue weighted by molar-refractivity contribution is 5.93. The molecule has 4 nitrogen and oxygen atoms in total. The Kier molecular flexibility index (Phi) is 4.35. The zero-order valence-electron chi connectivity index (χ0n) is 13.6. The maximum atomic E-state index is 11.8. The summed E-state index contributed by atoms with van der Waals surface area (Å²) in [7, 11) is 2.97. The topological polar surface area (TPSA) is 59.3 Å². The monoisotopic (exact) mass is 319 g/mol. The van der Waals surface area contributed by atoms with E-state index in [0.717, 1.165) is 29.5 Å². The van der Waals surface area contributed by atoms with Gasteiger partial charge >= 0.3 is 5.97 Å². The molecule has 0 saturated heterocycles. The number of ether oxygens (including phenoxy) is 2. The van der Waals surface area contributed by atoms with Crippen molar-refractivity contribution in [3.63, 3.8) is 0 Å². The van der Waals surface area contributed by atoms with E-state index in [4.69, 9.17) is 14.7 Å². The highest BCUT2D eigenvalue weighted by Crippen LogP contribution is 2.37. The molecule has 0 heterocycles. The van der Waals surface area contributed by atoms with E-state index in [1.807, 2.05) is 18.2 Å². The average molecular weight is 319 g/mol. The van der Waals surface area contributed by atoms with Crippen LogP contribution in [0.25, 0.3) is 5.57 Å². The first-order valence-electron chi connectivity index (χ1n) is 7.68. The number of allylic oxidation sites excluding steroid dienone is 1. The number of nitrogens with zero attached hydrogens (tertiary/aromatic N) is 1. The van der Waals surface area contributed by atoms with Crippen molar-refractivity contribution in [1.82, 2.24) is 0 Å². The smallest absolute Gasteiger partial charge is 0.337 e. The molecular weight excluding hydrogens is 302 g/mol. The second-order valence-electron chi connectivity index (χ2n) is 5.55. The summed E-state index contributed by atoms with van der Waals surface area (Å²) in [6.07, 6.45) is 4.00. The van der Waals surface area contributed by atoms with E-state index in [1.165, 1.54) is 12.7 Å². The van der Waals surface area contributed by atoms with E-state index >= 15 is 0 Å². The number of carbonyl (C=O) groups excluding carboxylic acids is 1. The van der Waals surface area contributed by atoms with Crippen molar-refractivity contribution in [3.05, 3.63) is 70.3 Å². The number of esters is 1. The van der Waals surface area contributed by atoms with Crippen LogP contribution in [0, 0.1) is 11.3 Å². The minimum absolute atomic E-state index is 0.352. The van der Waals surface area contributed by atoms with Crippen LogP contribution >= 0.6 is 0 Å². The van der Waals surface area contributed by atoms with Crippen molar-refractivity contribution in [1.29, 1.82) is 5.26 Å². The molecule has 0 fully saturated rings. The quantitative estimate of drug-likeness (QED) is 0.809. The lowest BCUT2D eigenvalue weighted by molar-refractivity contribution is 0.0600. The molecule has 120 valence electrons. The lowest BCUT2D eigenvalue weighted by Gasteiger charge is -2.20. The van der Waals surface area contributed by atoms with Gasteiger partial charge in [-0.2, -0.15) is 5.26 Å². The molecule has 1 aliphatic rings. The van der Waals surface area contributed by atoms with Gasteiger partial charge in [0.05, 0.1) is 31.4 Å². The minimum atomic E-state index is -0.352. The summed E-state index contributed by atoms with van der Waals surface area (Å²) < 4.78 is 10.3. The molecule has 4 heteroatoms. The van der Waals surface area contributed by atoms with Gasteiger partial charge in [-0.15, -0.1) is 0 Å². The zero-order chi connectivity index (χ0) is 17.1. The molecule has 3 rings (SSSR count). The summed E-state index contributed by atoms with van der Waals surface area (Å²) in [6, 6.07) is 13.2. The van der Waals surface area contributed by atoms with E-state index in [0.29, 0.717) is 16.9 Å². The van der Waals surface area contributed by atoms with Crippen molar-refractivity contribution in [3.8, 4) is 11.8 Å². The molecule has 0 aliphatic heterocycles. The molecule has 2 aromatic carbocycles. The molecule has 0 N–H and O–H groups in total. The molecule has 0 amide bonds. The molecule has 0 bridgehead atoms. The molecule has 0 aromatic heterocycles. The van der Waals surface area contributed by atoms with E-state index in [-0.39, 0.29) is 5.97 Å². The van der Waals surface area contributed by atoms with Gasteiger partial charge in [0, 0.05) is 5.56 Å². The summed E-state index contributed by atoms with van der Waals surface area (Å²) in [4.78, 5) is 11.8. The Morgan fingerprint density at radius 1 is 1.12 bits per heavy atom. The standard InChI is InChI=1S/C20H17NO3/c1-23-19-10-13(12-21)6-9-17(19)16-5-3-4-14-7-8-15(11-18(14)16)20(22)24-2/h5-11H,3-4H2,1-2H3. The van der Waals surface area contributed by atoms with Gasteiger partial charge in [-0.1, -0.05) is 12.1 Å². The summed E-state index contributed by atoms with van der Waals surface area (Å²) in [5, 5.41) is 9.07. The van der Waals surface area contributed by atoms with Gasteiger partial charge < -0.3 is 9.47 Å². The van der Waals surface area contributed by atoms with Crippen LogP contribution in [-0.2, 0) is 11.2 Å². The van der Waals surface area contributed by atoms with Gasteiger partial charge in [-0.25, -0.2) is 4.79 Å². The first-order chi connectivity index (χ1) is 11.7. The largest absolute Gasteiger partial charge is 0.496 e. The Bertz CT molecular complexity index is 875. The second kappa shape index (κ2) is 6.59. The number of benzene rings is 2. The van der Waals surface area contributed by atoms with Crippen molar-refractivity contribution in [2.24, 2.45) is 0 Å².